The zero-order valence-electron chi connectivity index (χ0n) is 34.6. The zero-order valence-corrected chi connectivity index (χ0v) is 36.2. The number of unbranched alkanes of at least 4 members (excludes halogenated alkanes) is 3. The summed E-state index contributed by atoms with van der Waals surface area (Å²) in [6.45, 7) is 22.6. The van der Waals surface area contributed by atoms with Gasteiger partial charge in [0, 0.05) is 77.5 Å². The number of Topliss-reactive ketones (excluding diaryl/α,β-unsaturated/α-hetero) is 1. The highest BCUT2D eigenvalue weighted by Gasteiger charge is 2.55. The van der Waals surface area contributed by atoms with Crippen molar-refractivity contribution in [2.24, 2.45) is 0 Å². The van der Waals surface area contributed by atoms with Crippen LogP contribution in [0.25, 0.3) is 0 Å². The predicted molar refractivity (Wildman–Crippen MR) is 233 cm³/mol. The highest BCUT2D eigenvalue weighted by atomic mass is 35.5. The Morgan fingerprint density at radius 1 is 0.745 bits per heavy atom. The first-order valence-corrected chi connectivity index (χ1v) is 21.9. The number of rotatable bonds is 20. The lowest BCUT2D eigenvalue weighted by molar-refractivity contribution is 0.0468. The first kappa shape index (κ1) is 46.0. The van der Waals surface area contributed by atoms with Gasteiger partial charge in [0.05, 0.1) is 30.9 Å². The molecule has 0 fully saturated rings. The number of hydrogen-bond donors (Lipinski definition) is 2. The molecule has 302 valence electrons. The molecule has 1 heterocycles. The third-order valence-corrected chi connectivity index (χ3v) is 11.3. The van der Waals surface area contributed by atoms with Crippen LogP contribution in [0.5, 0.6) is 0 Å². The molecule has 2 aliphatic rings. The molecular formula is C45H65ClN4O4S. The van der Waals surface area contributed by atoms with Gasteiger partial charge in [0.15, 0.2) is 0 Å². The number of nitrogens with zero attached hydrogens (tertiary/aromatic N) is 2. The Morgan fingerprint density at radius 3 is 1.91 bits per heavy atom. The number of carbonyl (C=O) groups excluding carboxylic acids is 2. The standard InChI is InChI=1S/C41H53ClN4O4S.2C2H6/c1-5-21-46(8-4)31-15-18-34-37(28-31)51-36-27-30(45(6-2)7-3)14-17-33(36)41(34)35-26-29(13-16-32(35)38(47)39(41)43)40(48)44-20-23-50-25-24-49-22-12-10-9-11-19-42;2*1-2/h13-18,26-28,43H,5-12,19-25H2,1-4H3,(H,44,48);2*1-2H3. The Bertz CT molecular complexity index is 1700. The van der Waals surface area contributed by atoms with Crippen LogP contribution >= 0.6 is 23.4 Å². The maximum atomic E-state index is 14.0. The molecule has 0 saturated carbocycles. The molecule has 1 aliphatic heterocycles. The molecule has 1 unspecified atom stereocenters. The van der Waals surface area contributed by atoms with Gasteiger partial charge >= 0.3 is 0 Å². The van der Waals surface area contributed by atoms with Crippen molar-refractivity contribution >= 4 is 52.1 Å². The minimum Gasteiger partial charge on any atom is -0.379 e. The summed E-state index contributed by atoms with van der Waals surface area (Å²) >= 11 is 7.42. The van der Waals surface area contributed by atoms with Gasteiger partial charge in [-0.05, 0) is 99.2 Å². The van der Waals surface area contributed by atoms with Crippen LogP contribution < -0.4 is 15.1 Å². The van der Waals surface area contributed by atoms with Crippen LogP contribution in [0, 0.1) is 5.41 Å². The van der Waals surface area contributed by atoms with E-state index >= 15 is 0 Å². The Kier molecular flexibility index (Phi) is 19.8. The molecule has 5 rings (SSSR count). The molecule has 0 saturated heterocycles. The van der Waals surface area contributed by atoms with Crippen molar-refractivity contribution < 1.29 is 19.1 Å². The van der Waals surface area contributed by atoms with E-state index in [0.29, 0.717) is 55.5 Å². The summed E-state index contributed by atoms with van der Waals surface area (Å²) in [6, 6.07) is 18.1. The number of ketones is 1. The lowest BCUT2D eigenvalue weighted by Crippen LogP contribution is -2.39. The van der Waals surface area contributed by atoms with Crippen molar-refractivity contribution in [3.8, 4) is 0 Å². The van der Waals surface area contributed by atoms with Crippen molar-refractivity contribution in [1.29, 1.82) is 5.41 Å². The molecule has 10 heteroatoms. The van der Waals surface area contributed by atoms with Crippen LogP contribution in [0.15, 0.2) is 64.4 Å². The van der Waals surface area contributed by atoms with Crippen LogP contribution in [-0.2, 0) is 14.9 Å². The van der Waals surface area contributed by atoms with Gasteiger partial charge in [-0.15, -0.1) is 11.6 Å². The molecule has 1 aliphatic carbocycles. The van der Waals surface area contributed by atoms with E-state index in [-0.39, 0.29) is 17.4 Å². The van der Waals surface area contributed by atoms with E-state index in [0.717, 1.165) is 90.6 Å². The average Bonchev–Trinajstić information content (AvgIpc) is 3.44. The fraction of sp³-hybridized carbons (Fsp3) is 0.533. The SMILES string of the molecule is CC.CC.CCCN(CC)c1ccc2c(c1)Sc1cc(N(CC)CC)ccc1C21C(=N)C(=O)c2ccc(C(=O)NCCOCCOCCCCCCCl)cc21. The number of carbonyl (C=O) groups is 2. The molecule has 3 aromatic carbocycles. The largest absolute Gasteiger partial charge is 0.379 e. The molecule has 1 spiro atoms. The fourth-order valence-corrected chi connectivity index (χ4v) is 8.75. The second-order valence-electron chi connectivity index (χ2n) is 13.0. The number of hydrogen-bond acceptors (Lipinski definition) is 8. The van der Waals surface area contributed by atoms with Crippen LogP contribution in [0.2, 0.25) is 0 Å². The number of halogens is 1. The molecular weight excluding hydrogens is 728 g/mol. The maximum absolute atomic E-state index is 14.0. The molecule has 8 nitrogen and oxygen atoms in total. The Morgan fingerprint density at radius 2 is 1.33 bits per heavy atom. The van der Waals surface area contributed by atoms with Gasteiger partial charge in [0.25, 0.3) is 5.91 Å². The maximum Gasteiger partial charge on any atom is 0.251 e. The summed E-state index contributed by atoms with van der Waals surface area (Å²) in [6.07, 6.45) is 5.34. The second-order valence-corrected chi connectivity index (χ2v) is 14.5. The lowest BCUT2D eigenvalue weighted by atomic mass is 9.68. The van der Waals surface area contributed by atoms with Crippen molar-refractivity contribution in [2.45, 2.75) is 103 Å². The van der Waals surface area contributed by atoms with E-state index in [2.05, 4.69) is 79.2 Å². The topological polar surface area (TPSA) is 95.0 Å². The van der Waals surface area contributed by atoms with Crippen molar-refractivity contribution in [1.82, 2.24) is 5.32 Å². The van der Waals surface area contributed by atoms with Crippen molar-refractivity contribution in [3.63, 3.8) is 0 Å². The summed E-state index contributed by atoms with van der Waals surface area (Å²) in [7, 11) is 0. The summed E-state index contributed by atoms with van der Waals surface area (Å²) in [4.78, 5) is 34.2. The first-order valence-electron chi connectivity index (χ1n) is 20.6. The van der Waals surface area contributed by atoms with Gasteiger partial charge in [0.1, 0.15) is 0 Å². The van der Waals surface area contributed by atoms with E-state index in [1.54, 1.807) is 23.9 Å². The summed E-state index contributed by atoms with van der Waals surface area (Å²) < 4.78 is 11.3. The smallest absolute Gasteiger partial charge is 0.251 e. The highest BCUT2D eigenvalue weighted by Crippen LogP contribution is 2.57. The minimum atomic E-state index is -1.13. The quantitative estimate of drug-likeness (QED) is 0.0869. The van der Waals surface area contributed by atoms with Gasteiger partial charge < -0.3 is 24.6 Å². The molecule has 1 amide bonds. The number of benzene rings is 3. The summed E-state index contributed by atoms with van der Waals surface area (Å²) in [5.41, 5.74) is 4.55. The van der Waals surface area contributed by atoms with E-state index in [1.807, 2.05) is 33.8 Å². The second kappa shape index (κ2) is 23.6. The molecule has 0 aromatic heterocycles. The first-order chi connectivity index (χ1) is 26.8. The molecule has 0 bridgehead atoms. The van der Waals surface area contributed by atoms with Gasteiger partial charge in [-0.1, -0.05) is 71.4 Å². The van der Waals surface area contributed by atoms with E-state index in [1.165, 1.54) is 0 Å². The van der Waals surface area contributed by atoms with Gasteiger partial charge in [-0.25, -0.2) is 0 Å². The van der Waals surface area contributed by atoms with E-state index in [4.69, 9.17) is 21.1 Å². The molecule has 0 radical (unpaired) electrons. The molecule has 3 aromatic rings. The number of ether oxygens (including phenoxy) is 2. The zero-order chi connectivity index (χ0) is 40.4. The predicted octanol–water partition coefficient (Wildman–Crippen LogP) is 10.4. The third kappa shape index (κ3) is 10.5. The Balaban J connectivity index is 0.00000196. The van der Waals surface area contributed by atoms with Crippen LogP contribution in [-0.4, -0.2) is 82.4 Å². The molecule has 1 atom stereocenters. The molecule has 55 heavy (non-hydrogen) atoms. The van der Waals surface area contributed by atoms with Gasteiger partial charge in [-0.3, -0.25) is 15.0 Å². The van der Waals surface area contributed by atoms with Crippen LogP contribution in [0.3, 0.4) is 0 Å². The summed E-state index contributed by atoms with van der Waals surface area (Å²) in [5.74, 6) is 0.165. The van der Waals surface area contributed by atoms with Crippen LogP contribution in [0.4, 0.5) is 11.4 Å². The van der Waals surface area contributed by atoms with Crippen molar-refractivity contribution in [3.05, 3.63) is 82.4 Å². The average molecular weight is 794 g/mol. The van der Waals surface area contributed by atoms with Crippen molar-refractivity contribution in [2.75, 3.05) is 74.8 Å². The lowest BCUT2D eigenvalue weighted by Gasteiger charge is -2.39. The summed E-state index contributed by atoms with van der Waals surface area (Å²) in [5, 5.41) is 12.5. The van der Waals surface area contributed by atoms with E-state index < -0.39 is 5.41 Å². The van der Waals surface area contributed by atoms with Gasteiger partial charge in [0.2, 0.25) is 5.78 Å². The van der Waals surface area contributed by atoms with E-state index in [9.17, 15) is 15.0 Å². The normalized spacial score (nSPS) is 14.9. The highest BCUT2D eigenvalue weighted by molar-refractivity contribution is 7.99. The van der Waals surface area contributed by atoms with Crippen LogP contribution in [0.1, 0.15) is 125 Å². The third-order valence-electron chi connectivity index (χ3n) is 9.94. The van der Waals surface area contributed by atoms with Gasteiger partial charge in [-0.2, -0.15) is 0 Å². The Hall–Kier alpha value is -3.37. The number of nitrogens with one attached hydrogen (secondary N) is 2. The number of alkyl halides is 1. The number of amides is 1. The molecule has 2 N–H and O–H groups in total. The minimum absolute atomic E-state index is 0.0213. The number of fused-ring (bicyclic) bond motifs is 6. The monoisotopic (exact) mass is 792 g/mol. The fourth-order valence-electron chi connectivity index (χ4n) is 7.30. The Labute approximate surface area is 340 Å². The number of anilines is 2.